The highest BCUT2D eigenvalue weighted by atomic mass is 32.2. The van der Waals surface area contributed by atoms with Crippen molar-refractivity contribution in [1.29, 1.82) is 0 Å². The van der Waals surface area contributed by atoms with Gasteiger partial charge >= 0.3 is 0 Å². The fourth-order valence-electron chi connectivity index (χ4n) is 3.91. The van der Waals surface area contributed by atoms with Crippen molar-refractivity contribution in [3.05, 3.63) is 53.6 Å². The molecule has 28 heavy (non-hydrogen) atoms. The Labute approximate surface area is 173 Å². The predicted molar refractivity (Wildman–Crippen MR) is 124 cm³/mol. The van der Waals surface area contributed by atoms with Crippen molar-refractivity contribution in [2.24, 2.45) is 4.99 Å². The van der Waals surface area contributed by atoms with E-state index in [1.165, 1.54) is 21.7 Å². The Bertz CT molecular complexity index is 915. The Balaban J connectivity index is 2.08. The number of fused-ring (bicyclic) bond motifs is 1. The molecule has 1 aliphatic rings. The van der Waals surface area contributed by atoms with Gasteiger partial charge in [0.25, 0.3) is 0 Å². The first-order chi connectivity index (χ1) is 13.4. The molecule has 1 aliphatic heterocycles. The van der Waals surface area contributed by atoms with Crippen molar-refractivity contribution in [3.8, 4) is 5.75 Å². The lowest BCUT2D eigenvalue weighted by Gasteiger charge is -2.43. The van der Waals surface area contributed by atoms with Gasteiger partial charge in [0.2, 0.25) is 0 Å². The fraction of sp³-hybridized carbons (Fsp3) is 0.375. The molecule has 0 aromatic heterocycles. The molecule has 0 saturated carbocycles. The van der Waals surface area contributed by atoms with Gasteiger partial charge in [-0.25, -0.2) is 0 Å². The van der Waals surface area contributed by atoms with E-state index in [1.54, 1.807) is 18.9 Å². The summed E-state index contributed by atoms with van der Waals surface area (Å²) in [5, 5.41) is 0. The van der Waals surface area contributed by atoms with Crippen LogP contribution in [0.5, 0.6) is 5.75 Å². The van der Waals surface area contributed by atoms with Crippen LogP contribution in [0.3, 0.4) is 0 Å². The molecule has 0 aliphatic carbocycles. The van der Waals surface area contributed by atoms with Crippen LogP contribution in [0, 0.1) is 0 Å². The van der Waals surface area contributed by atoms with Crippen molar-refractivity contribution in [3.63, 3.8) is 0 Å². The van der Waals surface area contributed by atoms with E-state index in [-0.39, 0.29) is 5.54 Å². The van der Waals surface area contributed by atoms with Gasteiger partial charge < -0.3 is 9.64 Å². The normalized spacial score (nSPS) is 15.5. The van der Waals surface area contributed by atoms with E-state index >= 15 is 0 Å². The summed E-state index contributed by atoms with van der Waals surface area (Å²) in [5.74, 6) is 0.857. The molecule has 4 heteroatoms. The quantitative estimate of drug-likeness (QED) is 0.409. The zero-order valence-electron chi connectivity index (χ0n) is 17.7. The van der Waals surface area contributed by atoms with Gasteiger partial charge in [0.15, 0.2) is 0 Å². The summed E-state index contributed by atoms with van der Waals surface area (Å²) < 4.78 is 5.74. The molecule has 0 saturated heterocycles. The highest BCUT2D eigenvalue weighted by Crippen LogP contribution is 2.42. The lowest BCUT2D eigenvalue weighted by atomic mass is 9.87. The number of nitrogens with zero attached hydrogens (tertiary/aromatic N) is 2. The number of hydrogen-bond acceptors (Lipinski definition) is 4. The number of para-hydroxylation sites is 1. The zero-order valence-corrected chi connectivity index (χ0v) is 18.6. The van der Waals surface area contributed by atoms with Crippen LogP contribution in [0.15, 0.2) is 52.4 Å². The van der Waals surface area contributed by atoms with Crippen LogP contribution >= 0.6 is 11.8 Å². The standard InChI is InChI=1S/C24H30N2OS/c1-7-12-26-21-14-22(27-5)18(13-19(21)17(2)15-24(26,3)4)16-25-20-10-8-9-11-23(20)28-6/h8-11,13-16H,7,12H2,1-6H3. The number of benzene rings is 2. The largest absolute Gasteiger partial charge is 0.496 e. The van der Waals surface area contributed by atoms with Crippen LogP contribution < -0.4 is 9.64 Å². The van der Waals surface area contributed by atoms with Crippen LogP contribution in [-0.4, -0.2) is 31.7 Å². The molecule has 0 unspecified atom stereocenters. The van der Waals surface area contributed by atoms with E-state index in [4.69, 9.17) is 9.73 Å². The molecule has 3 nitrogen and oxygen atoms in total. The summed E-state index contributed by atoms with van der Waals surface area (Å²) in [6.45, 7) is 9.98. The average molecular weight is 395 g/mol. The van der Waals surface area contributed by atoms with E-state index in [9.17, 15) is 0 Å². The highest BCUT2D eigenvalue weighted by molar-refractivity contribution is 7.98. The van der Waals surface area contributed by atoms with Gasteiger partial charge in [-0.15, -0.1) is 11.8 Å². The molecular weight excluding hydrogens is 364 g/mol. The van der Waals surface area contributed by atoms with Gasteiger partial charge in [0.1, 0.15) is 5.75 Å². The van der Waals surface area contributed by atoms with E-state index in [2.05, 4.69) is 63.1 Å². The van der Waals surface area contributed by atoms with Crippen LogP contribution in [0.1, 0.15) is 45.2 Å². The van der Waals surface area contributed by atoms with E-state index < -0.39 is 0 Å². The maximum absolute atomic E-state index is 5.74. The molecule has 0 N–H and O–H groups in total. The molecule has 148 valence electrons. The minimum absolute atomic E-state index is 0.00893. The minimum atomic E-state index is -0.00893. The molecule has 0 amide bonds. The lowest BCUT2D eigenvalue weighted by Crippen LogP contribution is -2.45. The Morgan fingerprint density at radius 1 is 1.21 bits per heavy atom. The summed E-state index contributed by atoms with van der Waals surface area (Å²) >= 11 is 1.71. The maximum Gasteiger partial charge on any atom is 0.129 e. The smallest absolute Gasteiger partial charge is 0.129 e. The molecule has 0 radical (unpaired) electrons. The van der Waals surface area contributed by atoms with Crippen LogP contribution in [0.4, 0.5) is 11.4 Å². The van der Waals surface area contributed by atoms with Crippen molar-refractivity contribution in [2.75, 3.05) is 24.8 Å². The summed E-state index contributed by atoms with van der Waals surface area (Å²) in [5.41, 5.74) is 5.77. The first-order valence-corrected chi connectivity index (χ1v) is 11.0. The number of ether oxygens (including phenoxy) is 1. The topological polar surface area (TPSA) is 24.8 Å². The SMILES string of the molecule is CCCN1c2cc(OC)c(C=Nc3ccccc3SC)cc2C(C)=CC1(C)C. The predicted octanol–water partition coefficient (Wildman–Crippen LogP) is 6.58. The Morgan fingerprint density at radius 3 is 2.64 bits per heavy atom. The van der Waals surface area contributed by atoms with Crippen LogP contribution in [-0.2, 0) is 0 Å². The summed E-state index contributed by atoms with van der Waals surface area (Å²) in [4.78, 5) is 8.40. The third-order valence-corrected chi connectivity index (χ3v) is 5.99. The zero-order chi connectivity index (χ0) is 20.3. The van der Waals surface area contributed by atoms with Crippen molar-refractivity contribution >= 4 is 34.9 Å². The van der Waals surface area contributed by atoms with Crippen molar-refractivity contribution in [1.82, 2.24) is 0 Å². The third kappa shape index (κ3) is 3.97. The first kappa shape index (κ1) is 20.5. The monoisotopic (exact) mass is 394 g/mol. The Hall–Kier alpha value is -2.20. The Morgan fingerprint density at radius 2 is 1.96 bits per heavy atom. The number of thioether (sulfide) groups is 1. The number of methoxy groups -OCH3 is 1. The molecule has 0 bridgehead atoms. The number of hydrogen-bond donors (Lipinski definition) is 0. The molecular formula is C24H30N2OS. The lowest BCUT2D eigenvalue weighted by molar-refractivity contribution is 0.413. The summed E-state index contributed by atoms with van der Waals surface area (Å²) in [6, 6.07) is 12.6. The number of rotatable bonds is 6. The number of anilines is 1. The minimum Gasteiger partial charge on any atom is -0.496 e. The summed E-state index contributed by atoms with van der Waals surface area (Å²) in [6.07, 6.45) is 7.46. The molecule has 3 rings (SSSR count). The summed E-state index contributed by atoms with van der Waals surface area (Å²) in [7, 11) is 1.73. The van der Waals surface area contributed by atoms with Gasteiger partial charge in [-0.2, -0.15) is 0 Å². The molecule has 1 heterocycles. The second-order valence-corrected chi connectivity index (χ2v) is 8.52. The van der Waals surface area contributed by atoms with Crippen LogP contribution in [0.2, 0.25) is 0 Å². The first-order valence-electron chi connectivity index (χ1n) is 9.78. The molecule has 0 fully saturated rings. The van der Waals surface area contributed by atoms with E-state index in [0.717, 1.165) is 30.0 Å². The van der Waals surface area contributed by atoms with Crippen LogP contribution in [0.25, 0.3) is 5.57 Å². The highest BCUT2D eigenvalue weighted by Gasteiger charge is 2.31. The van der Waals surface area contributed by atoms with Crippen molar-refractivity contribution < 1.29 is 4.74 Å². The molecule has 0 atom stereocenters. The maximum atomic E-state index is 5.74. The Kier molecular flexibility index (Phi) is 6.19. The fourth-order valence-corrected chi connectivity index (χ4v) is 4.45. The molecule has 0 spiro atoms. The van der Waals surface area contributed by atoms with Gasteiger partial charge in [-0.3, -0.25) is 4.99 Å². The molecule has 2 aromatic rings. The van der Waals surface area contributed by atoms with Gasteiger partial charge in [0, 0.05) is 40.5 Å². The van der Waals surface area contributed by atoms with Gasteiger partial charge in [0.05, 0.1) is 18.3 Å². The number of allylic oxidation sites excluding steroid dienone is 1. The number of aliphatic imine (C=N–C) groups is 1. The van der Waals surface area contributed by atoms with E-state index in [0.29, 0.717) is 0 Å². The van der Waals surface area contributed by atoms with E-state index in [1.807, 2.05) is 24.4 Å². The third-order valence-electron chi connectivity index (χ3n) is 5.20. The molecule has 2 aromatic carbocycles. The van der Waals surface area contributed by atoms with Gasteiger partial charge in [-0.1, -0.05) is 25.1 Å². The van der Waals surface area contributed by atoms with Gasteiger partial charge in [-0.05, 0) is 57.2 Å². The average Bonchev–Trinajstić information content (AvgIpc) is 2.68. The second kappa shape index (κ2) is 8.44. The van der Waals surface area contributed by atoms with Crippen molar-refractivity contribution in [2.45, 2.75) is 44.6 Å². The second-order valence-electron chi connectivity index (χ2n) is 7.67.